The van der Waals surface area contributed by atoms with Crippen molar-refractivity contribution < 1.29 is 24.6 Å². The van der Waals surface area contributed by atoms with Crippen molar-refractivity contribution in [3.05, 3.63) is 59.7 Å². The number of aliphatic hydroxyl groups is 1. The van der Waals surface area contributed by atoms with E-state index in [2.05, 4.69) is 5.43 Å². The molecule has 28 heavy (non-hydrogen) atoms. The monoisotopic (exact) mass is 385 g/mol. The highest BCUT2D eigenvalue weighted by atomic mass is 16.5. The number of carbonyl (C=O) groups excluding carboxylic acids is 2. The van der Waals surface area contributed by atoms with Crippen LogP contribution in [0.25, 0.3) is 0 Å². The third-order valence-electron chi connectivity index (χ3n) is 4.75. The van der Waals surface area contributed by atoms with Gasteiger partial charge >= 0.3 is 0 Å². The van der Waals surface area contributed by atoms with Gasteiger partial charge in [-0.3, -0.25) is 25.2 Å². The summed E-state index contributed by atoms with van der Waals surface area (Å²) in [4.78, 5) is 24.6. The predicted molar refractivity (Wildman–Crippen MR) is 102 cm³/mol. The second kappa shape index (κ2) is 8.73. The van der Waals surface area contributed by atoms with Crippen LogP contribution in [0.2, 0.25) is 0 Å². The summed E-state index contributed by atoms with van der Waals surface area (Å²) in [7, 11) is 1.57. The average molecular weight is 385 g/mol. The van der Waals surface area contributed by atoms with Gasteiger partial charge in [0.05, 0.1) is 18.7 Å². The van der Waals surface area contributed by atoms with Gasteiger partial charge < -0.3 is 9.84 Å². The maximum absolute atomic E-state index is 12.9. The van der Waals surface area contributed by atoms with Crippen LogP contribution in [0, 0.1) is 5.92 Å². The number of hydrogen-bond donors (Lipinski definition) is 4. The molecule has 2 amide bonds. The van der Waals surface area contributed by atoms with Crippen molar-refractivity contribution in [2.45, 2.75) is 25.5 Å². The van der Waals surface area contributed by atoms with Gasteiger partial charge in [-0.25, -0.2) is 5.48 Å². The number of rotatable bonds is 7. The number of hydroxylamine groups is 1. The maximum atomic E-state index is 12.9. The zero-order chi connectivity index (χ0) is 20.1. The number of methoxy groups -OCH3 is 1. The van der Waals surface area contributed by atoms with Crippen molar-refractivity contribution >= 4 is 17.5 Å². The Morgan fingerprint density at radius 1 is 1.21 bits per heavy atom. The molecule has 0 spiro atoms. The van der Waals surface area contributed by atoms with Crippen molar-refractivity contribution in [3.8, 4) is 5.75 Å². The van der Waals surface area contributed by atoms with Crippen molar-refractivity contribution in [2.75, 3.05) is 12.1 Å². The molecule has 1 heterocycles. The minimum atomic E-state index is -0.880. The van der Waals surface area contributed by atoms with E-state index in [0.29, 0.717) is 12.2 Å². The summed E-state index contributed by atoms with van der Waals surface area (Å²) in [5, 5.41) is 20.6. The van der Waals surface area contributed by atoms with Gasteiger partial charge in [0.1, 0.15) is 12.0 Å². The van der Waals surface area contributed by atoms with Gasteiger partial charge in [0.2, 0.25) is 11.8 Å². The molecule has 3 rings (SSSR count). The molecule has 8 heteroatoms. The Morgan fingerprint density at radius 3 is 2.61 bits per heavy atom. The van der Waals surface area contributed by atoms with E-state index < -0.39 is 24.0 Å². The number of hydrogen-bond acceptors (Lipinski definition) is 6. The molecule has 2 aromatic rings. The normalized spacial score (nSPS) is 16.2. The van der Waals surface area contributed by atoms with Crippen LogP contribution in [0.15, 0.2) is 48.5 Å². The Kier molecular flexibility index (Phi) is 6.13. The summed E-state index contributed by atoms with van der Waals surface area (Å²) in [5.74, 6) is -1.12. The molecular formula is C20H23N3O5. The van der Waals surface area contributed by atoms with Crippen molar-refractivity contribution in [2.24, 2.45) is 5.92 Å². The maximum Gasteiger partial charge on any atom is 0.244 e. The van der Waals surface area contributed by atoms with Gasteiger partial charge in [-0.2, -0.15) is 0 Å². The van der Waals surface area contributed by atoms with Gasteiger partial charge in [-0.15, -0.1) is 0 Å². The fourth-order valence-corrected chi connectivity index (χ4v) is 3.28. The first-order valence-corrected chi connectivity index (χ1v) is 8.93. The van der Waals surface area contributed by atoms with Crippen LogP contribution in [0.5, 0.6) is 5.75 Å². The topological polar surface area (TPSA) is 111 Å². The molecule has 0 aromatic heterocycles. The zero-order valence-electron chi connectivity index (χ0n) is 15.5. The Morgan fingerprint density at radius 2 is 1.93 bits per heavy atom. The number of aliphatic hydroxyl groups excluding tert-OH is 1. The summed E-state index contributed by atoms with van der Waals surface area (Å²) in [6.07, 6.45) is -0.388. The molecule has 0 saturated carbocycles. The molecule has 4 N–H and O–H groups in total. The lowest BCUT2D eigenvalue weighted by atomic mass is 9.95. The third-order valence-corrected chi connectivity index (χ3v) is 4.75. The summed E-state index contributed by atoms with van der Waals surface area (Å²) >= 11 is 0. The molecule has 0 saturated heterocycles. The predicted octanol–water partition coefficient (Wildman–Crippen LogP) is 1.16. The Bertz CT molecular complexity index is 840. The van der Waals surface area contributed by atoms with Gasteiger partial charge in [-0.1, -0.05) is 30.3 Å². The van der Waals surface area contributed by atoms with Gasteiger partial charge in [0.15, 0.2) is 0 Å². The van der Waals surface area contributed by atoms with E-state index in [0.717, 1.165) is 16.8 Å². The lowest BCUT2D eigenvalue weighted by Gasteiger charge is -2.27. The number of hydrazine groups is 1. The number of para-hydroxylation sites is 1. The summed E-state index contributed by atoms with van der Waals surface area (Å²) < 4.78 is 5.13. The van der Waals surface area contributed by atoms with Crippen LogP contribution in [0.4, 0.5) is 5.69 Å². The fourth-order valence-electron chi connectivity index (χ4n) is 3.28. The van der Waals surface area contributed by atoms with Gasteiger partial charge in [-0.05, 0) is 35.7 Å². The highest BCUT2D eigenvalue weighted by Crippen LogP contribution is 2.29. The van der Waals surface area contributed by atoms with Crippen LogP contribution < -0.4 is 20.7 Å². The molecule has 8 nitrogen and oxygen atoms in total. The molecule has 0 radical (unpaired) electrons. The molecule has 0 fully saturated rings. The smallest absolute Gasteiger partial charge is 0.244 e. The molecule has 2 aromatic carbocycles. The second-order valence-corrected chi connectivity index (χ2v) is 6.65. The second-order valence-electron chi connectivity index (χ2n) is 6.65. The van der Waals surface area contributed by atoms with E-state index in [1.54, 1.807) is 24.7 Å². The number of ether oxygens (including phenoxy) is 1. The first-order chi connectivity index (χ1) is 13.5. The first-order valence-electron chi connectivity index (χ1n) is 8.93. The molecule has 0 aliphatic carbocycles. The minimum absolute atomic E-state index is 0.194. The summed E-state index contributed by atoms with van der Waals surface area (Å²) in [6, 6.07) is 14.6. The van der Waals surface area contributed by atoms with E-state index in [-0.39, 0.29) is 12.8 Å². The summed E-state index contributed by atoms with van der Waals surface area (Å²) in [5.41, 5.74) is 6.77. The number of fused-ring (bicyclic) bond motifs is 1. The Labute approximate surface area is 162 Å². The molecule has 148 valence electrons. The quantitative estimate of drug-likeness (QED) is 0.421. The van der Waals surface area contributed by atoms with Gasteiger partial charge in [0.25, 0.3) is 0 Å². The largest absolute Gasteiger partial charge is 0.497 e. The number of benzene rings is 2. The standard InChI is InChI=1S/C20H23N3O5/c1-28-16-8-6-13(7-9-16)10-15(11-18(24)22-27)20(26)21-23-17-5-3-2-4-14(17)12-19(23)25/h2-9,15,19,25,27H,10-12H2,1H3,(H,21,26)(H,22,24)/t15-,19-/m1/s1. The van der Waals surface area contributed by atoms with Crippen LogP contribution >= 0.6 is 0 Å². The van der Waals surface area contributed by atoms with Crippen LogP contribution in [0.3, 0.4) is 0 Å². The lowest BCUT2D eigenvalue weighted by Crippen LogP contribution is -2.49. The number of nitrogens with zero attached hydrogens (tertiary/aromatic N) is 1. The SMILES string of the molecule is COc1ccc(C[C@H](CC(=O)NO)C(=O)NN2c3ccccc3C[C@H]2O)cc1. The van der Waals surface area contributed by atoms with Crippen molar-refractivity contribution in [1.29, 1.82) is 0 Å². The zero-order valence-corrected chi connectivity index (χ0v) is 15.5. The van der Waals surface area contributed by atoms with E-state index in [9.17, 15) is 14.7 Å². The van der Waals surface area contributed by atoms with Gasteiger partial charge in [0, 0.05) is 12.8 Å². The average Bonchev–Trinajstić information content (AvgIpc) is 3.03. The highest BCUT2D eigenvalue weighted by molar-refractivity contribution is 5.86. The molecule has 0 bridgehead atoms. The Hall–Kier alpha value is -3.10. The van der Waals surface area contributed by atoms with E-state index in [4.69, 9.17) is 9.94 Å². The molecule has 2 atom stereocenters. The fraction of sp³-hybridized carbons (Fsp3) is 0.300. The molecule has 1 aliphatic heterocycles. The van der Waals surface area contributed by atoms with E-state index in [1.165, 1.54) is 5.01 Å². The van der Waals surface area contributed by atoms with Crippen LogP contribution in [-0.2, 0) is 22.4 Å². The third kappa shape index (κ3) is 4.41. The molecule has 0 unspecified atom stereocenters. The molecule has 1 aliphatic rings. The molecular weight excluding hydrogens is 362 g/mol. The van der Waals surface area contributed by atoms with E-state index in [1.807, 2.05) is 36.4 Å². The number of carbonyl (C=O) groups is 2. The minimum Gasteiger partial charge on any atom is -0.497 e. The first kappa shape index (κ1) is 19.7. The van der Waals surface area contributed by atoms with E-state index >= 15 is 0 Å². The lowest BCUT2D eigenvalue weighted by molar-refractivity contribution is -0.135. The van der Waals surface area contributed by atoms with Crippen molar-refractivity contribution in [3.63, 3.8) is 0 Å². The number of anilines is 1. The highest BCUT2D eigenvalue weighted by Gasteiger charge is 2.31. The Balaban J connectivity index is 1.75. The van der Waals surface area contributed by atoms with Crippen LogP contribution in [0.1, 0.15) is 17.5 Å². The van der Waals surface area contributed by atoms with Crippen molar-refractivity contribution in [1.82, 2.24) is 10.9 Å². The summed E-state index contributed by atoms with van der Waals surface area (Å²) in [6.45, 7) is 0. The number of nitrogens with one attached hydrogen (secondary N) is 2. The number of amides is 2. The van der Waals surface area contributed by atoms with Crippen LogP contribution in [-0.4, -0.2) is 35.5 Å².